The van der Waals surface area contributed by atoms with Gasteiger partial charge in [-0.1, -0.05) is 44.0 Å². The molecule has 0 atom stereocenters. The number of carbonyl (C=O) groups is 2. The van der Waals surface area contributed by atoms with Crippen molar-refractivity contribution in [1.82, 2.24) is 19.4 Å². The summed E-state index contributed by atoms with van der Waals surface area (Å²) in [6.07, 6.45) is 7.16. The molecular formula is C25H33ClN4O4. The molecule has 2 aliphatic heterocycles. The number of aromatic nitrogens is 2. The molecule has 2 aromatic rings. The number of carbonyl (C=O) groups excluding carboxylic acids is 2. The highest BCUT2D eigenvalue weighted by atomic mass is 35.5. The molecule has 0 saturated heterocycles. The van der Waals surface area contributed by atoms with Gasteiger partial charge in [-0.3, -0.25) is 9.59 Å². The van der Waals surface area contributed by atoms with Crippen molar-refractivity contribution in [2.75, 3.05) is 33.5 Å². The van der Waals surface area contributed by atoms with Crippen molar-refractivity contribution in [3.63, 3.8) is 0 Å². The average molecular weight is 489 g/mol. The summed E-state index contributed by atoms with van der Waals surface area (Å²) < 4.78 is 12.4. The Hall–Kier alpha value is -2.84. The zero-order valence-corrected chi connectivity index (χ0v) is 21.1. The highest BCUT2D eigenvalue weighted by Crippen LogP contribution is 2.41. The smallest absolute Gasteiger partial charge is 0.246 e. The Morgan fingerprint density at radius 2 is 2.03 bits per heavy atom. The molecule has 1 aromatic heterocycles. The van der Waals surface area contributed by atoms with E-state index in [9.17, 15) is 9.59 Å². The normalized spacial score (nSPS) is 14.2. The number of ketones is 1. The quantitative estimate of drug-likeness (QED) is 0.433. The fourth-order valence-electron chi connectivity index (χ4n) is 3.74. The number of ether oxygens (including phenoxy) is 2. The molecule has 9 heteroatoms. The third-order valence-corrected chi connectivity index (χ3v) is 6.25. The molecule has 0 saturated carbocycles. The first-order valence-corrected chi connectivity index (χ1v) is 12.0. The molecule has 184 valence electrons. The van der Waals surface area contributed by atoms with Gasteiger partial charge in [0.25, 0.3) is 0 Å². The average Bonchev–Trinajstić information content (AvgIpc) is 3.48. The van der Waals surface area contributed by atoms with Gasteiger partial charge >= 0.3 is 0 Å². The summed E-state index contributed by atoms with van der Waals surface area (Å²) in [4.78, 5) is 31.7. The van der Waals surface area contributed by atoms with Gasteiger partial charge in [0, 0.05) is 32.6 Å². The lowest BCUT2D eigenvalue weighted by molar-refractivity contribution is -0.127. The van der Waals surface area contributed by atoms with Crippen LogP contribution in [-0.2, 0) is 24.3 Å². The van der Waals surface area contributed by atoms with E-state index in [1.807, 2.05) is 29.8 Å². The number of fused-ring (bicyclic) bond motifs is 2. The summed E-state index contributed by atoms with van der Waals surface area (Å²) in [7, 11) is 2.01. The van der Waals surface area contributed by atoms with Crippen LogP contribution in [0.25, 0.3) is 0 Å². The van der Waals surface area contributed by atoms with Crippen molar-refractivity contribution in [2.45, 2.75) is 46.7 Å². The van der Waals surface area contributed by atoms with E-state index < -0.39 is 0 Å². The highest BCUT2D eigenvalue weighted by Gasteiger charge is 2.23. The van der Waals surface area contributed by atoms with Gasteiger partial charge in [0.05, 0.1) is 17.8 Å². The van der Waals surface area contributed by atoms with Gasteiger partial charge in [-0.15, -0.1) is 0 Å². The number of amides is 1. The zero-order chi connectivity index (χ0) is 24.7. The molecule has 0 N–H and O–H groups in total. The second-order valence-electron chi connectivity index (χ2n) is 8.31. The third-order valence-electron chi connectivity index (χ3n) is 5.83. The predicted molar refractivity (Wildman–Crippen MR) is 132 cm³/mol. The fraction of sp³-hybridized carbons (Fsp3) is 0.480. The molecule has 0 unspecified atom stereocenters. The summed E-state index contributed by atoms with van der Waals surface area (Å²) in [5.74, 6) is 2.24. The van der Waals surface area contributed by atoms with Crippen molar-refractivity contribution in [2.24, 2.45) is 0 Å². The Balaban J connectivity index is 0.000000212. The molecule has 34 heavy (non-hydrogen) atoms. The van der Waals surface area contributed by atoms with E-state index in [0.717, 1.165) is 43.1 Å². The number of halogens is 1. The van der Waals surface area contributed by atoms with E-state index in [-0.39, 0.29) is 18.5 Å². The molecule has 2 aliphatic rings. The maximum Gasteiger partial charge on any atom is 0.246 e. The first-order chi connectivity index (χ1) is 16.3. The number of nitrogens with zero attached hydrogens (tertiary/aromatic N) is 4. The Kier molecular flexibility index (Phi) is 9.12. The van der Waals surface area contributed by atoms with Gasteiger partial charge < -0.3 is 23.8 Å². The fourth-order valence-corrected chi connectivity index (χ4v) is 4.04. The predicted octanol–water partition coefficient (Wildman–Crippen LogP) is 3.96. The number of imidazole rings is 1. The molecule has 0 bridgehead atoms. The minimum absolute atomic E-state index is 0.00173. The summed E-state index contributed by atoms with van der Waals surface area (Å²) in [5.41, 5.74) is 1.76. The number of benzene rings is 1. The molecule has 0 spiro atoms. The van der Waals surface area contributed by atoms with Crippen molar-refractivity contribution in [3.05, 3.63) is 52.6 Å². The molecular weight excluding hydrogens is 456 g/mol. The van der Waals surface area contributed by atoms with Crippen LogP contribution in [-0.4, -0.2) is 64.5 Å². The first-order valence-electron chi connectivity index (χ1n) is 11.6. The lowest BCUT2D eigenvalue weighted by Crippen LogP contribution is -2.38. The second-order valence-corrected chi connectivity index (χ2v) is 8.68. The summed E-state index contributed by atoms with van der Waals surface area (Å²) >= 11 is 6.13. The van der Waals surface area contributed by atoms with E-state index in [0.29, 0.717) is 36.1 Å². The molecule has 0 radical (unpaired) electrons. The molecule has 1 amide bonds. The van der Waals surface area contributed by atoms with Gasteiger partial charge in [0.1, 0.15) is 11.5 Å². The Bertz CT molecular complexity index is 1050. The molecule has 1 aromatic carbocycles. The van der Waals surface area contributed by atoms with Crippen LogP contribution in [0.15, 0.2) is 30.5 Å². The molecule has 4 rings (SSSR count). The Labute approximate surface area is 206 Å². The van der Waals surface area contributed by atoms with E-state index in [1.54, 1.807) is 17.2 Å². The van der Waals surface area contributed by atoms with Gasteiger partial charge in [-0.2, -0.15) is 0 Å². The largest absolute Gasteiger partial charge is 0.454 e. The minimum atomic E-state index is -0.00173. The second kappa shape index (κ2) is 12.0. The molecule has 0 aliphatic carbocycles. The van der Waals surface area contributed by atoms with Crippen molar-refractivity contribution in [1.29, 1.82) is 0 Å². The number of Topliss-reactive ketones (excluding diaryl/α,β-unsaturated/α-hetero) is 1. The highest BCUT2D eigenvalue weighted by molar-refractivity contribution is 6.33. The SMILES string of the molecule is CCCc1ccc2c(c1Cl)OCO2.CCN(C)C/C=C/C(=O)N1CCn2c(C(C)=O)cnc2C1. The number of likely N-dealkylation sites (N-methyl/N-ethyl adjacent to an activating group) is 1. The van der Waals surface area contributed by atoms with Crippen LogP contribution in [0.5, 0.6) is 11.5 Å². The van der Waals surface area contributed by atoms with Crippen LogP contribution in [0.2, 0.25) is 5.02 Å². The van der Waals surface area contributed by atoms with Crippen LogP contribution >= 0.6 is 11.6 Å². The van der Waals surface area contributed by atoms with Crippen molar-refractivity contribution < 1.29 is 19.1 Å². The minimum Gasteiger partial charge on any atom is -0.454 e. The van der Waals surface area contributed by atoms with Crippen LogP contribution in [0.3, 0.4) is 0 Å². The number of hydrogen-bond acceptors (Lipinski definition) is 6. The number of aryl methyl sites for hydroxylation is 1. The van der Waals surface area contributed by atoms with E-state index in [4.69, 9.17) is 21.1 Å². The summed E-state index contributed by atoms with van der Waals surface area (Å²) in [6, 6.07) is 3.92. The Morgan fingerprint density at radius 1 is 1.24 bits per heavy atom. The van der Waals surface area contributed by atoms with Gasteiger partial charge in [0.2, 0.25) is 12.7 Å². The van der Waals surface area contributed by atoms with Gasteiger partial charge in [-0.05, 0) is 31.6 Å². The molecule has 0 fully saturated rings. The Morgan fingerprint density at radius 3 is 2.74 bits per heavy atom. The van der Waals surface area contributed by atoms with Crippen molar-refractivity contribution in [3.8, 4) is 11.5 Å². The maximum atomic E-state index is 12.1. The monoisotopic (exact) mass is 488 g/mol. The standard InChI is InChI=1S/C15H22N4O2.C10H11ClO2/c1-4-17(3)7-5-6-15(21)18-8-9-19-13(12(2)20)10-16-14(19)11-18;1-2-3-7-4-5-8-10(9(7)11)13-6-12-8/h5-6,10H,4,7-9,11H2,1-3H3;4-5H,2-3,6H2,1H3/b6-5+;. The summed E-state index contributed by atoms with van der Waals surface area (Å²) in [5, 5.41) is 0.705. The molecule has 3 heterocycles. The topological polar surface area (TPSA) is 76.9 Å². The summed E-state index contributed by atoms with van der Waals surface area (Å²) in [6.45, 7) is 9.43. The van der Waals surface area contributed by atoms with E-state index in [2.05, 4.69) is 23.7 Å². The number of hydrogen-bond donors (Lipinski definition) is 0. The lowest BCUT2D eigenvalue weighted by Gasteiger charge is -2.27. The first kappa shape index (κ1) is 25.8. The number of rotatable bonds is 7. The lowest BCUT2D eigenvalue weighted by atomic mass is 10.1. The maximum absolute atomic E-state index is 12.1. The van der Waals surface area contributed by atoms with Crippen LogP contribution < -0.4 is 9.47 Å². The van der Waals surface area contributed by atoms with E-state index in [1.165, 1.54) is 6.92 Å². The van der Waals surface area contributed by atoms with Gasteiger partial charge in [-0.25, -0.2) is 4.98 Å². The zero-order valence-electron chi connectivity index (χ0n) is 20.3. The van der Waals surface area contributed by atoms with Crippen molar-refractivity contribution >= 4 is 23.3 Å². The van der Waals surface area contributed by atoms with E-state index >= 15 is 0 Å². The molecule has 8 nitrogen and oxygen atoms in total. The van der Waals surface area contributed by atoms with Crippen LogP contribution in [0.4, 0.5) is 0 Å². The van der Waals surface area contributed by atoms with Gasteiger partial charge in [0.15, 0.2) is 17.3 Å². The van der Waals surface area contributed by atoms with Crippen LogP contribution in [0, 0.1) is 0 Å². The van der Waals surface area contributed by atoms with Crippen LogP contribution in [0.1, 0.15) is 49.1 Å². The third kappa shape index (κ3) is 6.18.